The Morgan fingerprint density at radius 2 is 1.80 bits per heavy atom. The van der Waals surface area contributed by atoms with E-state index in [1.165, 1.54) is 0 Å². The lowest BCUT2D eigenvalue weighted by atomic mass is 10.1. The van der Waals surface area contributed by atoms with Crippen LogP contribution in [0.15, 0.2) is 18.2 Å². The van der Waals surface area contributed by atoms with Gasteiger partial charge in [-0.05, 0) is 36.5 Å². The largest absolute Gasteiger partial charge is 0.454 e. The predicted molar refractivity (Wildman–Crippen MR) is 91.5 cm³/mol. The number of benzene rings is 1. The fraction of sp³-hybridized carbons (Fsp3) is 0.579. The van der Waals surface area contributed by atoms with Crippen LogP contribution >= 0.6 is 0 Å². The van der Waals surface area contributed by atoms with Crippen molar-refractivity contribution in [3.63, 3.8) is 0 Å². The summed E-state index contributed by atoms with van der Waals surface area (Å²) in [4.78, 5) is 28.5. The van der Waals surface area contributed by atoms with E-state index in [-0.39, 0.29) is 30.4 Å². The second-order valence-electron chi connectivity index (χ2n) is 7.02. The maximum atomic E-state index is 12.7. The van der Waals surface area contributed by atoms with Crippen molar-refractivity contribution < 1.29 is 19.1 Å². The minimum Gasteiger partial charge on any atom is -0.454 e. The molecule has 2 atom stereocenters. The molecule has 3 aliphatic rings. The molecule has 2 amide bonds. The summed E-state index contributed by atoms with van der Waals surface area (Å²) in [5.41, 5.74) is 1.15. The normalized spacial score (nSPS) is 24.4. The Hall–Kier alpha value is -2.24. The van der Waals surface area contributed by atoms with E-state index >= 15 is 0 Å². The molecular weight excluding hydrogens is 320 g/mol. The fourth-order valence-electron chi connectivity index (χ4n) is 3.76. The van der Waals surface area contributed by atoms with Gasteiger partial charge in [-0.25, -0.2) is 0 Å². The molecular formula is C19H24N2O4. The number of amides is 2. The monoisotopic (exact) mass is 344 g/mol. The zero-order valence-electron chi connectivity index (χ0n) is 14.6. The molecule has 2 aliphatic heterocycles. The highest BCUT2D eigenvalue weighted by molar-refractivity contribution is 5.83. The molecule has 0 N–H and O–H groups in total. The number of fused-ring (bicyclic) bond motifs is 1. The third kappa shape index (κ3) is 3.17. The van der Waals surface area contributed by atoms with Crippen LogP contribution < -0.4 is 9.47 Å². The molecule has 0 radical (unpaired) electrons. The van der Waals surface area contributed by atoms with Crippen LogP contribution in [0.2, 0.25) is 0 Å². The Labute approximate surface area is 147 Å². The van der Waals surface area contributed by atoms with Crippen LogP contribution in [0.5, 0.6) is 11.5 Å². The SMILES string of the molecule is CCCC(=O)N1CCN(C(=O)C2CC2c2ccc3c(c2)OCO3)CC1. The Morgan fingerprint density at radius 3 is 2.56 bits per heavy atom. The first-order valence-corrected chi connectivity index (χ1v) is 9.13. The molecule has 6 heteroatoms. The van der Waals surface area contributed by atoms with Crippen molar-refractivity contribution in [1.82, 2.24) is 9.80 Å². The van der Waals surface area contributed by atoms with Crippen molar-refractivity contribution in [2.75, 3.05) is 33.0 Å². The van der Waals surface area contributed by atoms with E-state index in [0.29, 0.717) is 32.6 Å². The third-order valence-electron chi connectivity index (χ3n) is 5.34. The summed E-state index contributed by atoms with van der Waals surface area (Å²) < 4.78 is 10.8. The minimum atomic E-state index is 0.0678. The summed E-state index contributed by atoms with van der Waals surface area (Å²) in [6.07, 6.45) is 2.37. The van der Waals surface area contributed by atoms with Gasteiger partial charge in [-0.3, -0.25) is 9.59 Å². The van der Waals surface area contributed by atoms with Gasteiger partial charge in [0.1, 0.15) is 0 Å². The van der Waals surface area contributed by atoms with Gasteiger partial charge in [0.05, 0.1) is 0 Å². The highest BCUT2D eigenvalue weighted by atomic mass is 16.7. The molecule has 1 saturated carbocycles. The number of hydrogen-bond acceptors (Lipinski definition) is 4. The average Bonchev–Trinajstić information content (AvgIpc) is 3.30. The standard InChI is InChI=1S/C19H24N2O4/c1-2-3-18(22)20-6-8-21(9-7-20)19(23)15-11-14(15)13-4-5-16-17(10-13)25-12-24-16/h4-5,10,14-15H,2-3,6-9,11-12H2,1H3. The molecule has 0 spiro atoms. The first-order valence-electron chi connectivity index (χ1n) is 9.13. The van der Waals surface area contributed by atoms with Crippen LogP contribution in [0.25, 0.3) is 0 Å². The summed E-state index contributed by atoms with van der Waals surface area (Å²) in [5.74, 6) is 2.34. The Balaban J connectivity index is 1.32. The molecule has 0 bridgehead atoms. The van der Waals surface area contributed by atoms with Crippen LogP contribution in [0.3, 0.4) is 0 Å². The molecule has 6 nitrogen and oxygen atoms in total. The van der Waals surface area contributed by atoms with E-state index in [0.717, 1.165) is 29.9 Å². The summed E-state index contributed by atoms with van der Waals surface area (Å²) in [7, 11) is 0. The van der Waals surface area contributed by atoms with E-state index in [9.17, 15) is 9.59 Å². The first-order chi connectivity index (χ1) is 12.2. The van der Waals surface area contributed by atoms with Crippen molar-refractivity contribution in [3.8, 4) is 11.5 Å². The topological polar surface area (TPSA) is 59.1 Å². The molecule has 1 aromatic carbocycles. The third-order valence-corrected chi connectivity index (χ3v) is 5.34. The second kappa shape index (κ2) is 6.58. The number of carbonyl (C=O) groups is 2. The molecule has 134 valence electrons. The summed E-state index contributed by atoms with van der Waals surface area (Å²) in [5, 5.41) is 0. The van der Waals surface area contributed by atoms with Gasteiger partial charge in [0.2, 0.25) is 18.6 Å². The van der Waals surface area contributed by atoms with Gasteiger partial charge in [-0.2, -0.15) is 0 Å². The fourth-order valence-corrected chi connectivity index (χ4v) is 3.76. The number of ether oxygens (including phenoxy) is 2. The Kier molecular flexibility index (Phi) is 4.27. The van der Waals surface area contributed by atoms with Gasteiger partial charge in [-0.1, -0.05) is 13.0 Å². The van der Waals surface area contributed by atoms with Gasteiger partial charge in [-0.15, -0.1) is 0 Å². The summed E-state index contributed by atoms with van der Waals surface area (Å²) in [6, 6.07) is 5.96. The van der Waals surface area contributed by atoms with Gasteiger partial charge in [0, 0.05) is 38.5 Å². The number of hydrogen-bond donors (Lipinski definition) is 0. The smallest absolute Gasteiger partial charge is 0.231 e. The predicted octanol–water partition coefficient (Wildman–Crippen LogP) is 1.99. The Bertz CT molecular complexity index is 682. The summed E-state index contributed by atoms with van der Waals surface area (Å²) in [6.45, 7) is 4.91. The quantitative estimate of drug-likeness (QED) is 0.838. The van der Waals surface area contributed by atoms with Gasteiger partial charge in [0.15, 0.2) is 11.5 Å². The zero-order chi connectivity index (χ0) is 17.4. The van der Waals surface area contributed by atoms with Crippen molar-refractivity contribution in [2.24, 2.45) is 5.92 Å². The maximum absolute atomic E-state index is 12.7. The summed E-state index contributed by atoms with van der Waals surface area (Å²) >= 11 is 0. The number of nitrogens with zero attached hydrogens (tertiary/aromatic N) is 2. The maximum Gasteiger partial charge on any atom is 0.231 e. The van der Waals surface area contributed by atoms with Crippen LogP contribution in [0.4, 0.5) is 0 Å². The van der Waals surface area contributed by atoms with E-state index in [2.05, 4.69) is 0 Å². The van der Waals surface area contributed by atoms with Crippen molar-refractivity contribution in [2.45, 2.75) is 32.1 Å². The van der Waals surface area contributed by atoms with Crippen LogP contribution in [0, 0.1) is 5.92 Å². The lowest BCUT2D eigenvalue weighted by Crippen LogP contribution is -2.51. The van der Waals surface area contributed by atoms with E-state index in [1.54, 1.807) is 0 Å². The molecule has 2 heterocycles. The van der Waals surface area contributed by atoms with E-state index in [4.69, 9.17) is 9.47 Å². The molecule has 2 fully saturated rings. The lowest BCUT2D eigenvalue weighted by Gasteiger charge is -2.35. The number of piperazine rings is 1. The highest BCUT2D eigenvalue weighted by Crippen LogP contribution is 2.50. The molecule has 1 aliphatic carbocycles. The second-order valence-corrected chi connectivity index (χ2v) is 7.02. The van der Waals surface area contributed by atoms with Crippen molar-refractivity contribution in [1.29, 1.82) is 0 Å². The average molecular weight is 344 g/mol. The number of carbonyl (C=O) groups excluding carboxylic acids is 2. The molecule has 0 aromatic heterocycles. The van der Waals surface area contributed by atoms with E-state index < -0.39 is 0 Å². The molecule has 25 heavy (non-hydrogen) atoms. The number of rotatable bonds is 4. The molecule has 1 aromatic rings. The van der Waals surface area contributed by atoms with Gasteiger partial charge in [0.25, 0.3) is 0 Å². The molecule has 4 rings (SSSR count). The van der Waals surface area contributed by atoms with Gasteiger partial charge >= 0.3 is 0 Å². The molecule has 2 unspecified atom stereocenters. The van der Waals surface area contributed by atoms with Crippen LogP contribution in [-0.2, 0) is 9.59 Å². The Morgan fingerprint density at radius 1 is 1.08 bits per heavy atom. The zero-order valence-corrected chi connectivity index (χ0v) is 14.6. The molecule has 1 saturated heterocycles. The van der Waals surface area contributed by atoms with Crippen LogP contribution in [-0.4, -0.2) is 54.6 Å². The first kappa shape index (κ1) is 16.2. The highest BCUT2D eigenvalue weighted by Gasteiger charge is 2.46. The van der Waals surface area contributed by atoms with Crippen molar-refractivity contribution >= 4 is 11.8 Å². The van der Waals surface area contributed by atoms with Crippen LogP contribution in [0.1, 0.15) is 37.7 Å². The van der Waals surface area contributed by atoms with Gasteiger partial charge < -0.3 is 19.3 Å². The lowest BCUT2D eigenvalue weighted by molar-refractivity contribution is -0.140. The van der Waals surface area contributed by atoms with E-state index in [1.807, 2.05) is 34.9 Å². The van der Waals surface area contributed by atoms with Crippen molar-refractivity contribution in [3.05, 3.63) is 23.8 Å². The minimum absolute atomic E-state index is 0.0678.